The highest BCUT2D eigenvalue weighted by Crippen LogP contribution is 2.67. The first kappa shape index (κ1) is 13.4. The van der Waals surface area contributed by atoms with Crippen LogP contribution < -0.4 is 4.74 Å². The summed E-state index contributed by atoms with van der Waals surface area (Å²) in [4.78, 5) is 2.72. The standard InChI is InChI=1S/C20H27NO/c1-21-12-11-19-8-4-3-5-16(19)18(21)20(9-10-20)15-7-6-14(22-2)13-17(15)19/h6-7,13,16,18H,3-5,8-12H2,1-2H3. The summed E-state index contributed by atoms with van der Waals surface area (Å²) in [6.07, 6.45) is 9.83. The van der Waals surface area contributed by atoms with Gasteiger partial charge in [-0.25, -0.2) is 0 Å². The SMILES string of the molecule is COc1ccc2c(c1)C13CCCCC1C(N(C)CC3)C21CC1. The number of hydrogen-bond acceptors (Lipinski definition) is 2. The van der Waals surface area contributed by atoms with Crippen LogP contribution >= 0.6 is 0 Å². The van der Waals surface area contributed by atoms with Crippen molar-refractivity contribution in [2.24, 2.45) is 5.92 Å². The zero-order valence-electron chi connectivity index (χ0n) is 13.9. The van der Waals surface area contributed by atoms with E-state index in [4.69, 9.17) is 4.74 Å². The highest BCUT2D eigenvalue weighted by Gasteiger charge is 2.65. The molecule has 4 aliphatic rings. The summed E-state index contributed by atoms with van der Waals surface area (Å²) in [7, 11) is 4.20. The molecule has 2 bridgehead atoms. The van der Waals surface area contributed by atoms with Crippen molar-refractivity contribution in [3.8, 4) is 5.75 Å². The molecule has 1 heterocycles. The Balaban J connectivity index is 1.77. The third-order valence-corrected chi connectivity index (χ3v) is 7.52. The molecule has 0 aromatic heterocycles. The average molecular weight is 297 g/mol. The van der Waals surface area contributed by atoms with Crippen LogP contribution in [0.5, 0.6) is 5.75 Å². The number of methoxy groups -OCH3 is 1. The second-order valence-electron chi connectivity index (χ2n) is 8.25. The van der Waals surface area contributed by atoms with Gasteiger partial charge in [0, 0.05) is 16.9 Å². The maximum Gasteiger partial charge on any atom is 0.119 e. The Morgan fingerprint density at radius 2 is 1.91 bits per heavy atom. The van der Waals surface area contributed by atoms with E-state index in [0.29, 0.717) is 10.8 Å². The Hall–Kier alpha value is -1.02. The van der Waals surface area contributed by atoms with E-state index in [-0.39, 0.29) is 0 Å². The highest BCUT2D eigenvalue weighted by atomic mass is 16.5. The summed E-state index contributed by atoms with van der Waals surface area (Å²) in [6.45, 7) is 1.28. The Morgan fingerprint density at radius 1 is 1.05 bits per heavy atom. The quantitative estimate of drug-likeness (QED) is 0.780. The predicted octanol–water partition coefficient (Wildman–Crippen LogP) is 3.87. The molecule has 5 rings (SSSR count). The van der Waals surface area contributed by atoms with Crippen LogP contribution in [0.15, 0.2) is 18.2 Å². The molecular formula is C20H27NO. The van der Waals surface area contributed by atoms with Gasteiger partial charge in [-0.05, 0) is 74.9 Å². The second kappa shape index (κ2) is 4.29. The van der Waals surface area contributed by atoms with Crippen LogP contribution in [0.1, 0.15) is 56.1 Å². The molecule has 118 valence electrons. The zero-order valence-corrected chi connectivity index (χ0v) is 13.9. The van der Waals surface area contributed by atoms with Gasteiger partial charge in [0.15, 0.2) is 0 Å². The predicted molar refractivity (Wildman–Crippen MR) is 88.6 cm³/mol. The fraction of sp³-hybridized carbons (Fsp3) is 0.700. The minimum absolute atomic E-state index is 0.452. The number of piperidine rings is 1. The van der Waals surface area contributed by atoms with Crippen molar-refractivity contribution in [1.29, 1.82) is 0 Å². The summed E-state index contributed by atoms with van der Waals surface area (Å²) >= 11 is 0. The molecule has 1 aliphatic heterocycles. The molecule has 3 aliphatic carbocycles. The zero-order chi connectivity index (χ0) is 14.9. The Kier molecular flexibility index (Phi) is 2.61. The van der Waals surface area contributed by atoms with Crippen LogP contribution in [0.25, 0.3) is 0 Å². The first-order valence-corrected chi connectivity index (χ1v) is 9.11. The van der Waals surface area contributed by atoms with Gasteiger partial charge in [-0.2, -0.15) is 0 Å². The van der Waals surface area contributed by atoms with Gasteiger partial charge >= 0.3 is 0 Å². The molecule has 2 saturated carbocycles. The molecule has 2 heteroatoms. The lowest BCUT2D eigenvalue weighted by molar-refractivity contribution is -0.0192. The van der Waals surface area contributed by atoms with Gasteiger partial charge in [0.05, 0.1) is 7.11 Å². The van der Waals surface area contributed by atoms with Crippen molar-refractivity contribution in [2.75, 3.05) is 20.7 Å². The number of benzene rings is 1. The number of ether oxygens (including phenoxy) is 1. The number of likely N-dealkylation sites (N-methyl/N-ethyl adjacent to an activating group) is 1. The summed E-state index contributed by atoms with van der Waals surface area (Å²) in [6, 6.07) is 7.83. The molecule has 2 nitrogen and oxygen atoms in total. The number of rotatable bonds is 1. The Morgan fingerprint density at radius 3 is 2.68 bits per heavy atom. The van der Waals surface area contributed by atoms with E-state index in [2.05, 4.69) is 30.1 Å². The van der Waals surface area contributed by atoms with E-state index < -0.39 is 0 Å². The monoisotopic (exact) mass is 297 g/mol. The van der Waals surface area contributed by atoms with Crippen LogP contribution in [0, 0.1) is 5.92 Å². The molecule has 1 aromatic carbocycles. The smallest absolute Gasteiger partial charge is 0.119 e. The molecule has 0 N–H and O–H groups in total. The lowest BCUT2D eigenvalue weighted by atomic mass is 9.49. The normalized spacial score (nSPS) is 38.3. The number of hydrogen-bond donors (Lipinski definition) is 0. The van der Waals surface area contributed by atoms with Gasteiger partial charge in [-0.1, -0.05) is 18.9 Å². The molecular weight excluding hydrogens is 270 g/mol. The molecule has 0 radical (unpaired) electrons. The third-order valence-electron chi connectivity index (χ3n) is 7.52. The molecule has 1 saturated heterocycles. The van der Waals surface area contributed by atoms with E-state index in [1.165, 1.54) is 51.5 Å². The first-order chi connectivity index (χ1) is 10.7. The third kappa shape index (κ3) is 1.45. The van der Waals surface area contributed by atoms with E-state index in [9.17, 15) is 0 Å². The molecule has 3 fully saturated rings. The van der Waals surface area contributed by atoms with Gasteiger partial charge in [0.25, 0.3) is 0 Å². The van der Waals surface area contributed by atoms with Crippen LogP contribution in [0.3, 0.4) is 0 Å². The van der Waals surface area contributed by atoms with Gasteiger partial charge in [-0.3, -0.25) is 0 Å². The van der Waals surface area contributed by atoms with Crippen molar-refractivity contribution in [3.05, 3.63) is 29.3 Å². The first-order valence-electron chi connectivity index (χ1n) is 9.11. The number of nitrogens with zero attached hydrogens (tertiary/aromatic N) is 1. The van der Waals surface area contributed by atoms with Crippen molar-refractivity contribution in [2.45, 2.75) is 61.8 Å². The van der Waals surface area contributed by atoms with Gasteiger partial charge in [-0.15, -0.1) is 0 Å². The molecule has 1 aromatic rings. The van der Waals surface area contributed by atoms with Crippen LogP contribution in [-0.4, -0.2) is 31.6 Å². The fourth-order valence-corrected chi connectivity index (χ4v) is 6.49. The van der Waals surface area contributed by atoms with Gasteiger partial charge in [0.1, 0.15) is 5.75 Å². The number of fused-ring (bicyclic) bond motifs is 3. The molecule has 0 amide bonds. The van der Waals surface area contributed by atoms with Crippen molar-refractivity contribution in [1.82, 2.24) is 4.90 Å². The van der Waals surface area contributed by atoms with Crippen molar-refractivity contribution < 1.29 is 4.74 Å². The Labute approximate surface area is 133 Å². The Bertz CT molecular complexity index is 620. The lowest BCUT2D eigenvalue weighted by Gasteiger charge is -2.61. The van der Waals surface area contributed by atoms with Crippen molar-refractivity contribution >= 4 is 0 Å². The van der Waals surface area contributed by atoms with Crippen LogP contribution in [0.2, 0.25) is 0 Å². The van der Waals surface area contributed by atoms with E-state index >= 15 is 0 Å². The maximum atomic E-state index is 5.59. The summed E-state index contributed by atoms with van der Waals surface area (Å²) in [5.74, 6) is 1.94. The summed E-state index contributed by atoms with van der Waals surface area (Å²) in [5.41, 5.74) is 4.29. The van der Waals surface area contributed by atoms with Crippen LogP contribution in [-0.2, 0) is 10.8 Å². The fourth-order valence-electron chi connectivity index (χ4n) is 6.49. The minimum atomic E-state index is 0.452. The highest BCUT2D eigenvalue weighted by molar-refractivity contribution is 5.53. The summed E-state index contributed by atoms with van der Waals surface area (Å²) < 4.78 is 5.59. The van der Waals surface area contributed by atoms with E-state index in [0.717, 1.165) is 17.7 Å². The molecule has 1 spiro atoms. The second-order valence-corrected chi connectivity index (χ2v) is 8.25. The maximum absolute atomic E-state index is 5.59. The molecule has 3 unspecified atom stereocenters. The summed E-state index contributed by atoms with van der Waals surface area (Å²) in [5, 5.41) is 0. The largest absolute Gasteiger partial charge is 0.497 e. The van der Waals surface area contributed by atoms with E-state index in [1.807, 2.05) is 7.11 Å². The molecule has 22 heavy (non-hydrogen) atoms. The van der Waals surface area contributed by atoms with Crippen LogP contribution in [0.4, 0.5) is 0 Å². The van der Waals surface area contributed by atoms with E-state index in [1.54, 1.807) is 11.1 Å². The van der Waals surface area contributed by atoms with Crippen molar-refractivity contribution in [3.63, 3.8) is 0 Å². The number of likely N-dealkylation sites (tertiary alicyclic amines) is 1. The molecule has 3 atom stereocenters. The topological polar surface area (TPSA) is 12.5 Å². The van der Waals surface area contributed by atoms with Gasteiger partial charge < -0.3 is 9.64 Å². The minimum Gasteiger partial charge on any atom is -0.497 e. The average Bonchev–Trinajstić information content (AvgIpc) is 3.35. The van der Waals surface area contributed by atoms with Gasteiger partial charge in [0.2, 0.25) is 0 Å². The lowest BCUT2D eigenvalue weighted by Crippen LogP contribution is -2.63.